The molecule has 19 heavy (non-hydrogen) atoms. The number of anilines is 1. The molecule has 1 amide bonds. The first kappa shape index (κ1) is 14.4. The summed E-state index contributed by atoms with van der Waals surface area (Å²) in [4.78, 5) is 33.6. The van der Waals surface area contributed by atoms with E-state index in [0.717, 1.165) is 12.1 Å². The summed E-state index contributed by atoms with van der Waals surface area (Å²) < 4.78 is 0. The highest BCUT2D eigenvalue weighted by Gasteiger charge is 2.21. The molecule has 1 aromatic rings. The Morgan fingerprint density at radius 3 is 2.58 bits per heavy atom. The van der Waals surface area contributed by atoms with Gasteiger partial charge in [-0.25, -0.2) is 4.79 Å². The Labute approximate surface area is 108 Å². The van der Waals surface area contributed by atoms with Crippen molar-refractivity contribution in [3.05, 3.63) is 33.9 Å². The lowest BCUT2D eigenvalue weighted by molar-refractivity contribution is -0.385. The maximum absolute atomic E-state index is 11.2. The van der Waals surface area contributed by atoms with Crippen molar-refractivity contribution in [2.24, 2.45) is 0 Å². The van der Waals surface area contributed by atoms with Gasteiger partial charge in [-0.2, -0.15) is 0 Å². The third-order valence-corrected chi connectivity index (χ3v) is 2.51. The number of nitro benzene ring substituents is 1. The molecule has 1 aromatic carbocycles. The normalized spacial score (nSPS) is 9.79. The largest absolute Gasteiger partial charge is 0.477 e. The van der Waals surface area contributed by atoms with E-state index in [0.29, 0.717) is 5.69 Å². The number of carbonyl (C=O) groups excluding carboxylic acids is 1. The number of amides is 1. The summed E-state index contributed by atoms with van der Waals surface area (Å²) in [6.07, 6.45) is 0. The number of hydrogen-bond donors (Lipinski definition) is 2. The minimum atomic E-state index is -1.37. The van der Waals surface area contributed by atoms with Gasteiger partial charge in [0.2, 0.25) is 5.91 Å². The van der Waals surface area contributed by atoms with Crippen LogP contribution in [-0.2, 0) is 4.79 Å². The minimum Gasteiger partial charge on any atom is -0.477 e. The molecule has 0 radical (unpaired) electrons. The SMILES string of the molecule is CNC(=O)CN(C)c1ccc(C(=O)O)c([N+](=O)[O-])c1. The van der Waals surface area contributed by atoms with Crippen molar-refractivity contribution in [2.45, 2.75) is 0 Å². The molecular weight excluding hydrogens is 254 g/mol. The van der Waals surface area contributed by atoms with Crippen LogP contribution in [0.4, 0.5) is 11.4 Å². The highest BCUT2D eigenvalue weighted by molar-refractivity contribution is 5.93. The maximum atomic E-state index is 11.2. The molecule has 8 nitrogen and oxygen atoms in total. The van der Waals surface area contributed by atoms with Gasteiger partial charge >= 0.3 is 5.97 Å². The Balaban J connectivity index is 3.11. The van der Waals surface area contributed by atoms with Gasteiger partial charge in [0.1, 0.15) is 5.56 Å². The molecule has 0 aromatic heterocycles. The molecule has 0 bridgehead atoms. The topological polar surface area (TPSA) is 113 Å². The summed E-state index contributed by atoms with van der Waals surface area (Å²) in [5, 5.41) is 22.1. The highest BCUT2D eigenvalue weighted by Crippen LogP contribution is 2.25. The fraction of sp³-hybridized carbons (Fsp3) is 0.273. The van der Waals surface area contributed by atoms with Crippen molar-refractivity contribution in [3.63, 3.8) is 0 Å². The number of likely N-dealkylation sites (N-methyl/N-ethyl adjacent to an activating group) is 2. The first-order chi connectivity index (χ1) is 8.86. The zero-order valence-corrected chi connectivity index (χ0v) is 10.4. The third-order valence-electron chi connectivity index (χ3n) is 2.51. The van der Waals surface area contributed by atoms with Crippen LogP contribution in [0.25, 0.3) is 0 Å². The van der Waals surface area contributed by atoms with E-state index in [1.165, 1.54) is 18.0 Å². The van der Waals surface area contributed by atoms with E-state index in [9.17, 15) is 19.7 Å². The zero-order chi connectivity index (χ0) is 14.6. The van der Waals surface area contributed by atoms with Crippen molar-refractivity contribution in [3.8, 4) is 0 Å². The van der Waals surface area contributed by atoms with E-state index >= 15 is 0 Å². The molecule has 0 saturated carbocycles. The Morgan fingerprint density at radius 1 is 1.47 bits per heavy atom. The minimum absolute atomic E-state index is 0.0140. The lowest BCUT2D eigenvalue weighted by atomic mass is 10.1. The summed E-state index contributed by atoms with van der Waals surface area (Å²) in [5.41, 5.74) is -0.504. The van der Waals surface area contributed by atoms with Crippen LogP contribution in [0.2, 0.25) is 0 Å². The average Bonchev–Trinajstić information content (AvgIpc) is 2.37. The number of carboxylic acids is 1. The lowest BCUT2D eigenvalue weighted by Gasteiger charge is -2.18. The van der Waals surface area contributed by atoms with Crippen molar-refractivity contribution in [2.75, 3.05) is 25.5 Å². The molecule has 0 atom stereocenters. The molecule has 0 spiro atoms. The number of rotatable bonds is 5. The number of benzene rings is 1. The van der Waals surface area contributed by atoms with Gasteiger partial charge in [-0.3, -0.25) is 14.9 Å². The smallest absolute Gasteiger partial charge is 0.342 e. The van der Waals surface area contributed by atoms with Crippen molar-refractivity contribution >= 4 is 23.3 Å². The van der Waals surface area contributed by atoms with E-state index in [1.807, 2.05) is 0 Å². The van der Waals surface area contributed by atoms with Crippen LogP contribution < -0.4 is 10.2 Å². The summed E-state index contributed by atoms with van der Waals surface area (Å²) in [6.45, 7) is 0.0140. The van der Waals surface area contributed by atoms with Crippen LogP contribution in [0.5, 0.6) is 0 Å². The summed E-state index contributed by atoms with van der Waals surface area (Å²) in [7, 11) is 3.06. The van der Waals surface area contributed by atoms with Crippen LogP contribution >= 0.6 is 0 Å². The predicted octanol–water partition coefficient (Wildman–Crippen LogP) is 0.475. The highest BCUT2D eigenvalue weighted by atomic mass is 16.6. The number of aromatic carboxylic acids is 1. The van der Waals surface area contributed by atoms with E-state index in [-0.39, 0.29) is 18.0 Å². The monoisotopic (exact) mass is 267 g/mol. The number of nitrogens with zero attached hydrogens (tertiary/aromatic N) is 2. The molecule has 0 unspecified atom stereocenters. The molecule has 0 fully saturated rings. The molecule has 2 N–H and O–H groups in total. The van der Waals surface area contributed by atoms with Gasteiger partial charge in [0.05, 0.1) is 11.5 Å². The van der Waals surface area contributed by atoms with Gasteiger partial charge in [0, 0.05) is 25.8 Å². The van der Waals surface area contributed by atoms with E-state index < -0.39 is 16.6 Å². The number of nitro groups is 1. The number of carboxylic acid groups (broad SMARTS) is 1. The molecule has 0 aliphatic carbocycles. The Kier molecular flexibility index (Phi) is 4.41. The van der Waals surface area contributed by atoms with Gasteiger partial charge in [0.15, 0.2) is 0 Å². The maximum Gasteiger partial charge on any atom is 0.342 e. The van der Waals surface area contributed by atoms with Gasteiger partial charge in [-0.15, -0.1) is 0 Å². The molecule has 8 heteroatoms. The predicted molar refractivity (Wildman–Crippen MR) is 67.4 cm³/mol. The molecule has 1 rings (SSSR count). The first-order valence-electron chi connectivity index (χ1n) is 5.30. The zero-order valence-electron chi connectivity index (χ0n) is 10.4. The van der Waals surface area contributed by atoms with Gasteiger partial charge in [0.25, 0.3) is 5.69 Å². The Bertz CT molecular complexity index is 529. The van der Waals surface area contributed by atoms with Crippen molar-refractivity contribution in [1.29, 1.82) is 0 Å². The van der Waals surface area contributed by atoms with Crippen LogP contribution in [0.15, 0.2) is 18.2 Å². The third kappa shape index (κ3) is 3.41. The first-order valence-corrected chi connectivity index (χ1v) is 5.30. The van der Waals surface area contributed by atoms with Crippen LogP contribution in [-0.4, -0.2) is 42.5 Å². The van der Waals surface area contributed by atoms with Gasteiger partial charge in [-0.1, -0.05) is 0 Å². The Morgan fingerprint density at radius 2 is 2.11 bits per heavy atom. The summed E-state index contributed by atoms with van der Waals surface area (Å²) >= 11 is 0. The number of hydrogen-bond acceptors (Lipinski definition) is 5. The summed E-state index contributed by atoms with van der Waals surface area (Å²) in [6, 6.07) is 3.70. The van der Waals surface area contributed by atoms with Crippen LogP contribution in [0.1, 0.15) is 10.4 Å². The number of nitrogens with one attached hydrogen (secondary N) is 1. The van der Waals surface area contributed by atoms with Crippen molar-refractivity contribution < 1.29 is 19.6 Å². The second-order valence-electron chi connectivity index (χ2n) is 3.79. The molecule has 102 valence electrons. The van der Waals surface area contributed by atoms with E-state index in [2.05, 4.69) is 5.32 Å². The second kappa shape index (κ2) is 5.80. The second-order valence-corrected chi connectivity index (χ2v) is 3.79. The fourth-order valence-corrected chi connectivity index (χ4v) is 1.48. The molecule has 0 saturated heterocycles. The lowest BCUT2D eigenvalue weighted by Crippen LogP contribution is -2.32. The summed E-state index contributed by atoms with van der Waals surface area (Å²) in [5.74, 6) is -1.63. The Hall–Kier alpha value is -2.64. The van der Waals surface area contributed by atoms with Crippen molar-refractivity contribution in [1.82, 2.24) is 5.32 Å². The van der Waals surface area contributed by atoms with Crippen LogP contribution in [0.3, 0.4) is 0 Å². The van der Waals surface area contributed by atoms with Crippen LogP contribution in [0, 0.1) is 10.1 Å². The fourth-order valence-electron chi connectivity index (χ4n) is 1.48. The average molecular weight is 267 g/mol. The van der Waals surface area contributed by atoms with Gasteiger partial charge < -0.3 is 15.3 Å². The molecule has 0 heterocycles. The molecule has 0 aliphatic rings. The molecule has 0 aliphatic heterocycles. The number of carbonyl (C=O) groups is 2. The molecular formula is C11H13N3O5. The van der Waals surface area contributed by atoms with E-state index in [1.54, 1.807) is 7.05 Å². The standard InChI is InChI=1S/C11H13N3O5/c1-12-10(15)6-13(2)7-3-4-8(11(16)17)9(5-7)14(18)19/h3-5H,6H2,1-2H3,(H,12,15)(H,16,17). The van der Waals surface area contributed by atoms with E-state index in [4.69, 9.17) is 5.11 Å². The van der Waals surface area contributed by atoms with Gasteiger partial charge in [-0.05, 0) is 12.1 Å². The quantitative estimate of drug-likeness (QED) is 0.592.